The smallest absolute Gasteiger partial charge is 0.258 e. The molecule has 3 atom stereocenters. The van der Waals surface area contributed by atoms with Gasteiger partial charge in [-0.15, -0.1) is 0 Å². The van der Waals surface area contributed by atoms with Crippen molar-refractivity contribution in [1.82, 2.24) is 9.88 Å². The molecule has 2 unspecified atom stereocenters. The van der Waals surface area contributed by atoms with E-state index in [-0.39, 0.29) is 34.6 Å². The van der Waals surface area contributed by atoms with Crippen LogP contribution in [0.5, 0.6) is 5.75 Å². The number of hydrogen-bond acceptors (Lipinski definition) is 5. The lowest BCUT2D eigenvalue weighted by atomic mass is 10.0. The highest BCUT2D eigenvalue weighted by molar-refractivity contribution is 5.99. The van der Waals surface area contributed by atoms with Gasteiger partial charge in [0.05, 0.1) is 18.7 Å². The Hall–Kier alpha value is -4.01. The summed E-state index contributed by atoms with van der Waals surface area (Å²) in [4.78, 5) is 30.7. The van der Waals surface area contributed by atoms with Gasteiger partial charge in [0.25, 0.3) is 5.91 Å². The van der Waals surface area contributed by atoms with Crippen molar-refractivity contribution in [2.75, 3.05) is 12.8 Å². The molecule has 0 spiro atoms. The van der Waals surface area contributed by atoms with E-state index >= 15 is 4.39 Å². The van der Waals surface area contributed by atoms with Crippen LogP contribution in [0.15, 0.2) is 60.8 Å². The molecule has 3 aromatic rings. The number of pyridine rings is 1. The van der Waals surface area contributed by atoms with Crippen molar-refractivity contribution in [3.63, 3.8) is 0 Å². The number of nitrogens with zero attached hydrogens (tertiary/aromatic N) is 2. The molecule has 1 heterocycles. The third kappa shape index (κ3) is 3.97. The number of aromatic nitrogens is 1. The minimum Gasteiger partial charge on any atom is -0.497 e. The SMILES string of the molecule is COc1ccc2c(c1)[C@@H](N(Cc1ccccc1C(N)=O)C(=O)c1cccnc1N)C(F)C2F. The maximum atomic E-state index is 15.5. The lowest BCUT2D eigenvalue weighted by molar-refractivity contribution is 0.0443. The summed E-state index contributed by atoms with van der Waals surface area (Å²) >= 11 is 0. The molecule has 4 N–H and O–H groups in total. The van der Waals surface area contributed by atoms with Gasteiger partial charge < -0.3 is 21.1 Å². The molecule has 0 saturated heterocycles. The molecule has 2 amide bonds. The topological polar surface area (TPSA) is 112 Å². The van der Waals surface area contributed by atoms with E-state index < -0.39 is 30.2 Å². The lowest BCUT2D eigenvalue weighted by Gasteiger charge is -2.32. The van der Waals surface area contributed by atoms with Crippen LogP contribution in [0.1, 0.15) is 49.6 Å². The zero-order chi connectivity index (χ0) is 23.7. The molecule has 33 heavy (non-hydrogen) atoms. The summed E-state index contributed by atoms with van der Waals surface area (Å²) < 4.78 is 35.7. The van der Waals surface area contributed by atoms with E-state index in [9.17, 15) is 14.0 Å². The monoisotopic (exact) mass is 452 g/mol. The molecule has 9 heteroatoms. The van der Waals surface area contributed by atoms with Gasteiger partial charge in [0, 0.05) is 18.3 Å². The fraction of sp³-hybridized carbons (Fsp3) is 0.208. The van der Waals surface area contributed by atoms with Crippen LogP contribution in [0.3, 0.4) is 0 Å². The number of anilines is 1. The highest BCUT2D eigenvalue weighted by Crippen LogP contribution is 2.48. The molecule has 0 aliphatic heterocycles. The van der Waals surface area contributed by atoms with Crippen molar-refractivity contribution in [1.29, 1.82) is 0 Å². The molecule has 170 valence electrons. The minimum absolute atomic E-state index is 0.0352. The predicted octanol–water partition coefficient (Wildman–Crippen LogP) is 3.52. The number of hydrogen-bond donors (Lipinski definition) is 2. The molecule has 0 saturated carbocycles. The van der Waals surface area contributed by atoms with E-state index in [0.29, 0.717) is 11.3 Å². The van der Waals surface area contributed by atoms with Crippen LogP contribution < -0.4 is 16.2 Å². The van der Waals surface area contributed by atoms with Crippen LogP contribution >= 0.6 is 0 Å². The Bertz CT molecular complexity index is 1220. The zero-order valence-corrected chi connectivity index (χ0v) is 17.7. The second-order valence-corrected chi connectivity index (χ2v) is 7.68. The van der Waals surface area contributed by atoms with E-state index in [4.69, 9.17) is 16.2 Å². The Labute approximate surface area is 189 Å². The average molecular weight is 452 g/mol. The Balaban J connectivity index is 1.86. The first-order valence-electron chi connectivity index (χ1n) is 10.2. The number of methoxy groups -OCH3 is 1. The number of halogens is 2. The van der Waals surface area contributed by atoms with E-state index in [1.165, 1.54) is 49.7 Å². The molecule has 7 nitrogen and oxygen atoms in total. The Kier molecular flexibility index (Phi) is 5.95. The Morgan fingerprint density at radius 1 is 1.06 bits per heavy atom. The summed E-state index contributed by atoms with van der Waals surface area (Å²) in [6, 6.07) is 12.6. The van der Waals surface area contributed by atoms with Crippen LogP contribution in [-0.2, 0) is 6.54 Å². The largest absolute Gasteiger partial charge is 0.497 e. The van der Waals surface area contributed by atoms with Crippen LogP contribution in [0.25, 0.3) is 0 Å². The van der Waals surface area contributed by atoms with E-state index in [0.717, 1.165) is 4.90 Å². The van der Waals surface area contributed by atoms with Crippen molar-refractivity contribution < 1.29 is 23.1 Å². The van der Waals surface area contributed by atoms with Crippen LogP contribution in [-0.4, -0.2) is 35.0 Å². The number of carbonyl (C=O) groups is 2. The van der Waals surface area contributed by atoms with Crippen LogP contribution in [0.4, 0.5) is 14.6 Å². The van der Waals surface area contributed by atoms with Gasteiger partial charge in [-0.2, -0.15) is 0 Å². The van der Waals surface area contributed by atoms with Gasteiger partial charge in [0.2, 0.25) is 5.91 Å². The molecular formula is C24H22F2N4O3. The number of ether oxygens (including phenoxy) is 1. The molecule has 0 bridgehead atoms. The van der Waals surface area contributed by atoms with Crippen LogP contribution in [0, 0.1) is 0 Å². The molecule has 0 radical (unpaired) electrons. The quantitative estimate of drug-likeness (QED) is 0.595. The fourth-order valence-corrected chi connectivity index (χ4v) is 4.16. The first-order chi connectivity index (χ1) is 15.8. The number of primary amides is 1. The molecule has 2 aromatic carbocycles. The summed E-state index contributed by atoms with van der Waals surface area (Å²) in [5.41, 5.74) is 12.4. The maximum Gasteiger partial charge on any atom is 0.258 e. The zero-order valence-electron chi connectivity index (χ0n) is 17.7. The number of nitrogen functional groups attached to an aromatic ring is 1. The minimum atomic E-state index is -2.05. The first-order valence-corrected chi connectivity index (χ1v) is 10.2. The van der Waals surface area contributed by atoms with Gasteiger partial charge in [0.15, 0.2) is 12.3 Å². The van der Waals surface area contributed by atoms with Crippen LogP contribution in [0.2, 0.25) is 0 Å². The normalized spacial score (nSPS) is 19.1. The molecule has 0 fully saturated rings. The van der Waals surface area contributed by atoms with Gasteiger partial charge in [0.1, 0.15) is 11.6 Å². The van der Waals surface area contributed by atoms with Gasteiger partial charge in [-0.3, -0.25) is 9.59 Å². The van der Waals surface area contributed by atoms with Crippen molar-refractivity contribution in [3.05, 3.63) is 88.6 Å². The number of benzene rings is 2. The maximum absolute atomic E-state index is 15.5. The van der Waals surface area contributed by atoms with Crippen molar-refractivity contribution in [3.8, 4) is 5.75 Å². The Morgan fingerprint density at radius 3 is 2.48 bits per heavy atom. The summed E-state index contributed by atoms with van der Waals surface area (Å²) in [6.07, 6.45) is -2.57. The standard InChI is InChI=1S/C24H22F2N4O3/c1-33-14-8-9-16-18(11-14)21(20(26)19(16)25)30(24(32)17-7-4-10-29-22(17)27)12-13-5-2-3-6-15(13)23(28)31/h2-11,19-21H,12H2,1H3,(H2,27,29)(H2,28,31)/t19?,20?,21-/m1/s1. The molecule has 4 rings (SSSR count). The Morgan fingerprint density at radius 2 is 1.79 bits per heavy atom. The van der Waals surface area contributed by atoms with Gasteiger partial charge in [-0.1, -0.05) is 24.3 Å². The van der Waals surface area contributed by atoms with E-state index in [1.54, 1.807) is 18.2 Å². The molecule has 1 aliphatic rings. The molecule has 1 aliphatic carbocycles. The van der Waals surface area contributed by atoms with Crippen molar-refractivity contribution in [2.45, 2.75) is 24.9 Å². The number of fused-ring (bicyclic) bond motifs is 1. The second kappa shape index (κ2) is 8.85. The summed E-state index contributed by atoms with van der Waals surface area (Å²) in [7, 11) is 1.44. The highest BCUT2D eigenvalue weighted by atomic mass is 19.2. The van der Waals surface area contributed by atoms with Gasteiger partial charge in [-0.05, 0) is 47.0 Å². The van der Waals surface area contributed by atoms with E-state index in [1.807, 2.05) is 0 Å². The average Bonchev–Trinajstić information content (AvgIpc) is 3.06. The summed E-state index contributed by atoms with van der Waals surface area (Å²) in [5, 5.41) is 0. The highest BCUT2D eigenvalue weighted by Gasteiger charge is 2.47. The number of carbonyl (C=O) groups excluding carboxylic acids is 2. The summed E-state index contributed by atoms with van der Waals surface area (Å²) in [6.45, 7) is -0.208. The van der Waals surface area contributed by atoms with Gasteiger partial charge in [-0.25, -0.2) is 13.8 Å². The first kappa shape index (κ1) is 22.2. The predicted molar refractivity (Wildman–Crippen MR) is 118 cm³/mol. The third-order valence-electron chi connectivity index (χ3n) is 5.78. The number of alkyl halides is 2. The summed E-state index contributed by atoms with van der Waals surface area (Å²) in [5.74, 6) is -1.01. The molecular weight excluding hydrogens is 430 g/mol. The number of amides is 2. The van der Waals surface area contributed by atoms with E-state index in [2.05, 4.69) is 4.98 Å². The lowest BCUT2D eigenvalue weighted by Crippen LogP contribution is -2.38. The second-order valence-electron chi connectivity index (χ2n) is 7.68. The number of rotatable bonds is 6. The molecule has 1 aromatic heterocycles. The van der Waals surface area contributed by atoms with Crippen molar-refractivity contribution >= 4 is 17.6 Å². The number of nitrogens with two attached hydrogens (primary N) is 2. The van der Waals surface area contributed by atoms with Gasteiger partial charge >= 0.3 is 0 Å². The van der Waals surface area contributed by atoms with Crippen molar-refractivity contribution in [2.24, 2.45) is 5.73 Å². The fourth-order valence-electron chi connectivity index (χ4n) is 4.16. The third-order valence-corrected chi connectivity index (χ3v) is 5.78.